The Morgan fingerprint density at radius 1 is 0.972 bits per heavy atom. The van der Waals surface area contributed by atoms with Crippen molar-refractivity contribution in [3.05, 3.63) is 107 Å². The van der Waals surface area contributed by atoms with E-state index in [0.717, 1.165) is 10.8 Å². The number of halogens is 1. The molecule has 1 unspecified atom stereocenters. The van der Waals surface area contributed by atoms with Crippen LogP contribution in [0.3, 0.4) is 0 Å². The largest absolute Gasteiger partial charge is 0.343 e. The number of anilines is 1. The Balaban J connectivity index is 1.49. The van der Waals surface area contributed by atoms with Crippen LogP contribution in [-0.2, 0) is 9.59 Å². The Bertz CT molecular complexity index is 1480. The van der Waals surface area contributed by atoms with Crippen LogP contribution in [0.5, 0.6) is 0 Å². The van der Waals surface area contributed by atoms with Gasteiger partial charge < -0.3 is 16.0 Å². The van der Waals surface area contributed by atoms with Gasteiger partial charge in [0.2, 0.25) is 5.91 Å². The van der Waals surface area contributed by atoms with Gasteiger partial charge in [-0.05, 0) is 42.0 Å². The summed E-state index contributed by atoms with van der Waals surface area (Å²) in [6.07, 6.45) is 3.23. The van der Waals surface area contributed by atoms with Crippen molar-refractivity contribution >= 4 is 45.8 Å². The second-order valence-corrected chi connectivity index (χ2v) is 8.26. The lowest BCUT2D eigenvalue weighted by atomic mass is 10.1. The van der Waals surface area contributed by atoms with Gasteiger partial charge in [0.15, 0.2) is 0 Å². The zero-order valence-electron chi connectivity index (χ0n) is 18.9. The van der Waals surface area contributed by atoms with Crippen LogP contribution in [0.15, 0.2) is 85.2 Å². The SMILES string of the molecule is N#Cc1ccc(C(=O)NCC(=O)NC(C(=O)Nc2cncc3ccccc23)c2cccc(Cl)c2)cc1. The third kappa shape index (κ3) is 5.84. The molecule has 1 atom stereocenters. The van der Waals surface area contributed by atoms with E-state index in [1.165, 1.54) is 30.5 Å². The summed E-state index contributed by atoms with van der Waals surface area (Å²) < 4.78 is 0. The summed E-state index contributed by atoms with van der Waals surface area (Å²) in [5.41, 5.74) is 1.68. The van der Waals surface area contributed by atoms with Crippen molar-refractivity contribution in [2.45, 2.75) is 6.04 Å². The number of nitrogens with one attached hydrogen (secondary N) is 3. The lowest BCUT2D eigenvalue weighted by molar-refractivity contribution is -0.126. The third-order valence-electron chi connectivity index (χ3n) is 5.36. The maximum atomic E-state index is 13.3. The molecule has 0 aliphatic rings. The van der Waals surface area contributed by atoms with Crippen LogP contribution in [0.4, 0.5) is 5.69 Å². The first kappa shape index (κ1) is 24.4. The van der Waals surface area contributed by atoms with Crippen molar-refractivity contribution < 1.29 is 14.4 Å². The predicted molar refractivity (Wildman–Crippen MR) is 136 cm³/mol. The molecule has 0 fully saturated rings. The van der Waals surface area contributed by atoms with Gasteiger partial charge in [-0.1, -0.05) is 48.0 Å². The Kier molecular flexibility index (Phi) is 7.54. The predicted octanol–water partition coefficient (Wildman–Crippen LogP) is 3.99. The molecule has 4 aromatic rings. The van der Waals surface area contributed by atoms with Crippen LogP contribution in [0.2, 0.25) is 5.02 Å². The highest BCUT2D eigenvalue weighted by molar-refractivity contribution is 6.30. The molecule has 0 saturated heterocycles. The Morgan fingerprint density at radius 2 is 1.75 bits per heavy atom. The highest BCUT2D eigenvalue weighted by atomic mass is 35.5. The van der Waals surface area contributed by atoms with Gasteiger partial charge in [-0.3, -0.25) is 19.4 Å². The van der Waals surface area contributed by atoms with Gasteiger partial charge in [-0.2, -0.15) is 5.26 Å². The second kappa shape index (κ2) is 11.1. The lowest BCUT2D eigenvalue weighted by Gasteiger charge is -2.20. The number of nitriles is 1. The topological polar surface area (TPSA) is 124 Å². The van der Waals surface area contributed by atoms with Gasteiger partial charge >= 0.3 is 0 Å². The minimum Gasteiger partial charge on any atom is -0.343 e. The number of benzene rings is 3. The third-order valence-corrected chi connectivity index (χ3v) is 5.60. The number of amides is 3. The molecule has 0 saturated carbocycles. The summed E-state index contributed by atoms with van der Waals surface area (Å²) >= 11 is 6.13. The van der Waals surface area contributed by atoms with Crippen LogP contribution in [0.25, 0.3) is 10.8 Å². The number of rotatable bonds is 7. The van der Waals surface area contributed by atoms with Crippen LogP contribution in [0, 0.1) is 11.3 Å². The molecule has 8 nitrogen and oxygen atoms in total. The number of carbonyl (C=O) groups is 3. The Morgan fingerprint density at radius 3 is 2.50 bits per heavy atom. The first-order chi connectivity index (χ1) is 17.4. The number of aromatic nitrogens is 1. The standard InChI is InChI=1S/C27H20ClN5O3/c28-21-6-3-5-19(12-21)25(27(36)32-23-15-30-14-20-4-1-2-7-22(20)23)33-24(34)16-31-26(35)18-10-8-17(13-29)9-11-18/h1-12,14-15,25H,16H2,(H,31,35)(H,32,36)(H,33,34). The van der Waals surface area contributed by atoms with Crippen LogP contribution in [0.1, 0.15) is 27.5 Å². The highest BCUT2D eigenvalue weighted by Gasteiger charge is 2.24. The molecule has 1 aromatic heterocycles. The van der Waals surface area contributed by atoms with E-state index >= 15 is 0 Å². The molecule has 0 spiro atoms. The minimum atomic E-state index is -1.08. The van der Waals surface area contributed by atoms with E-state index in [4.69, 9.17) is 16.9 Å². The summed E-state index contributed by atoms with van der Waals surface area (Å²) in [5.74, 6) is -1.56. The zero-order valence-corrected chi connectivity index (χ0v) is 19.6. The molecule has 178 valence electrons. The van der Waals surface area contributed by atoms with Crippen LogP contribution in [-0.4, -0.2) is 29.3 Å². The molecular formula is C27H20ClN5O3. The fourth-order valence-electron chi connectivity index (χ4n) is 3.58. The molecule has 0 bridgehead atoms. The molecule has 9 heteroatoms. The van der Waals surface area contributed by atoms with E-state index in [9.17, 15) is 14.4 Å². The number of fused-ring (bicyclic) bond motifs is 1. The first-order valence-electron chi connectivity index (χ1n) is 10.9. The van der Waals surface area contributed by atoms with E-state index in [1.807, 2.05) is 30.3 Å². The van der Waals surface area contributed by atoms with Crippen molar-refractivity contribution in [2.24, 2.45) is 0 Å². The molecule has 0 radical (unpaired) electrons. The van der Waals surface area contributed by atoms with Gasteiger partial charge in [0.25, 0.3) is 11.8 Å². The van der Waals surface area contributed by atoms with Crippen molar-refractivity contribution in [3.8, 4) is 6.07 Å². The van der Waals surface area contributed by atoms with Gasteiger partial charge in [0.05, 0.1) is 30.1 Å². The summed E-state index contributed by atoms with van der Waals surface area (Å²) in [6.45, 7) is -0.362. The normalized spacial score (nSPS) is 11.2. The van der Waals surface area contributed by atoms with Crippen LogP contribution < -0.4 is 16.0 Å². The fourth-order valence-corrected chi connectivity index (χ4v) is 3.78. The first-order valence-corrected chi connectivity index (χ1v) is 11.3. The zero-order chi connectivity index (χ0) is 25.5. The number of hydrogen-bond donors (Lipinski definition) is 3. The molecule has 3 N–H and O–H groups in total. The van der Waals surface area contributed by atoms with E-state index in [2.05, 4.69) is 20.9 Å². The summed E-state index contributed by atoms with van der Waals surface area (Å²) in [4.78, 5) is 42.6. The van der Waals surface area contributed by atoms with Gasteiger partial charge in [0.1, 0.15) is 6.04 Å². The highest BCUT2D eigenvalue weighted by Crippen LogP contribution is 2.24. The quantitative estimate of drug-likeness (QED) is 0.356. The lowest BCUT2D eigenvalue weighted by Crippen LogP contribution is -2.42. The van der Waals surface area contributed by atoms with E-state index < -0.39 is 23.8 Å². The minimum absolute atomic E-state index is 0.300. The van der Waals surface area contributed by atoms with Crippen molar-refractivity contribution in [2.75, 3.05) is 11.9 Å². The van der Waals surface area contributed by atoms with E-state index in [0.29, 0.717) is 27.4 Å². The Labute approximate surface area is 211 Å². The van der Waals surface area contributed by atoms with Gasteiger partial charge in [-0.15, -0.1) is 0 Å². The van der Waals surface area contributed by atoms with Crippen molar-refractivity contribution in [1.82, 2.24) is 15.6 Å². The van der Waals surface area contributed by atoms with Gasteiger partial charge in [0, 0.05) is 27.6 Å². The van der Waals surface area contributed by atoms with Crippen molar-refractivity contribution in [3.63, 3.8) is 0 Å². The smallest absolute Gasteiger partial charge is 0.251 e. The monoisotopic (exact) mass is 497 g/mol. The molecule has 1 heterocycles. The molecular weight excluding hydrogens is 478 g/mol. The summed E-state index contributed by atoms with van der Waals surface area (Å²) in [7, 11) is 0. The second-order valence-electron chi connectivity index (χ2n) is 7.82. The van der Waals surface area contributed by atoms with E-state index in [1.54, 1.807) is 30.5 Å². The molecule has 3 amide bonds. The molecule has 0 aliphatic carbocycles. The van der Waals surface area contributed by atoms with Crippen molar-refractivity contribution in [1.29, 1.82) is 5.26 Å². The summed E-state index contributed by atoms with van der Waals surface area (Å²) in [6, 6.07) is 21.0. The number of hydrogen-bond acceptors (Lipinski definition) is 5. The van der Waals surface area contributed by atoms with E-state index in [-0.39, 0.29) is 6.54 Å². The Hall–Kier alpha value is -4.74. The average molecular weight is 498 g/mol. The summed E-state index contributed by atoms with van der Waals surface area (Å²) in [5, 5.41) is 19.0. The molecule has 4 rings (SSSR count). The number of nitrogens with zero attached hydrogens (tertiary/aromatic N) is 2. The maximum absolute atomic E-state index is 13.3. The maximum Gasteiger partial charge on any atom is 0.251 e. The number of carbonyl (C=O) groups excluding carboxylic acids is 3. The van der Waals surface area contributed by atoms with Gasteiger partial charge in [-0.25, -0.2) is 0 Å². The molecule has 0 aliphatic heterocycles. The van der Waals surface area contributed by atoms with Crippen LogP contribution >= 0.6 is 11.6 Å². The average Bonchev–Trinajstić information content (AvgIpc) is 2.90. The molecule has 3 aromatic carbocycles. The fraction of sp³-hybridized carbons (Fsp3) is 0.0741. The molecule has 36 heavy (non-hydrogen) atoms. The number of pyridine rings is 1.